The lowest BCUT2D eigenvalue weighted by molar-refractivity contribution is 0.326. The molecule has 0 N–H and O–H groups in total. The molecular weight excluding hydrogens is 452 g/mol. The van der Waals surface area contributed by atoms with E-state index in [1.165, 1.54) is 44.2 Å². The Morgan fingerprint density at radius 1 is 0.882 bits per heavy atom. The van der Waals surface area contributed by atoms with Crippen LogP contribution < -0.4 is 24.5 Å². The van der Waals surface area contributed by atoms with E-state index < -0.39 is 0 Å². The van der Waals surface area contributed by atoms with Gasteiger partial charge in [0, 0.05) is 5.75 Å². The van der Waals surface area contributed by atoms with E-state index in [0.29, 0.717) is 50.5 Å². The van der Waals surface area contributed by atoms with Crippen molar-refractivity contribution in [1.82, 2.24) is 9.55 Å². The van der Waals surface area contributed by atoms with Crippen molar-refractivity contribution < 1.29 is 18.9 Å². The third-order valence-corrected chi connectivity index (χ3v) is 6.57. The van der Waals surface area contributed by atoms with Gasteiger partial charge in [-0.3, -0.25) is 9.36 Å². The molecule has 0 fully saturated rings. The largest absolute Gasteiger partial charge is 0.497 e. The van der Waals surface area contributed by atoms with Crippen molar-refractivity contribution in [3.63, 3.8) is 0 Å². The maximum atomic E-state index is 13.8. The number of rotatable bonds is 8. The van der Waals surface area contributed by atoms with Crippen LogP contribution in [0, 0.1) is 6.92 Å². The van der Waals surface area contributed by atoms with Crippen LogP contribution in [0.2, 0.25) is 0 Å². The fraction of sp³-hybridized carbons (Fsp3) is 0.231. The smallest absolute Gasteiger partial charge is 0.266 e. The van der Waals surface area contributed by atoms with Crippen molar-refractivity contribution in [1.29, 1.82) is 0 Å². The number of fused-ring (bicyclic) bond motifs is 1. The highest BCUT2D eigenvalue weighted by molar-refractivity contribution is 7.98. The van der Waals surface area contributed by atoms with Crippen LogP contribution in [0.1, 0.15) is 11.1 Å². The minimum atomic E-state index is -0.235. The highest BCUT2D eigenvalue weighted by Crippen LogP contribution is 2.42. The van der Waals surface area contributed by atoms with E-state index in [1.54, 1.807) is 17.7 Å². The SMILES string of the molecule is COc1ccc(-n2c(SCc3ccccc3C)nc3c(OC)c(OC)c(OC)cc3c2=O)cc1. The molecule has 0 amide bonds. The molecule has 8 heteroatoms. The van der Waals surface area contributed by atoms with Gasteiger partial charge in [-0.15, -0.1) is 0 Å². The molecule has 0 aliphatic rings. The summed E-state index contributed by atoms with van der Waals surface area (Å²) in [5.74, 6) is 2.49. The molecule has 176 valence electrons. The number of methoxy groups -OCH3 is 4. The van der Waals surface area contributed by atoms with Crippen LogP contribution in [0.25, 0.3) is 16.6 Å². The van der Waals surface area contributed by atoms with Gasteiger partial charge < -0.3 is 18.9 Å². The number of hydrogen-bond acceptors (Lipinski definition) is 7. The summed E-state index contributed by atoms with van der Waals surface area (Å²) in [6, 6.07) is 17.1. The number of aryl methyl sites for hydroxylation is 1. The first kappa shape index (κ1) is 23.5. The molecule has 0 atom stereocenters. The van der Waals surface area contributed by atoms with E-state index >= 15 is 0 Å². The van der Waals surface area contributed by atoms with Gasteiger partial charge >= 0.3 is 0 Å². The molecule has 0 aliphatic carbocycles. The van der Waals surface area contributed by atoms with E-state index in [4.69, 9.17) is 23.9 Å². The maximum Gasteiger partial charge on any atom is 0.266 e. The van der Waals surface area contributed by atoms with Gasteiger partial charge in [-0.1, -0.05) is 36.0 Å². The zero-order chi connectivity index (χ0) is 24.2. The maximum absolute atomic E-state index is 13.8. The predicted octanol–water partition coefficient (Wildman–Crippen LogP) is 5.02. The number of aromatic nitrogens is 2. The second-order valence-electron chi connectivity index (χ2n) is 7.49. The van der Waals surface area contributed by atoms with Crippen LogP contribution in [0.3, 0.4) is 0 Å². The molecule has 7 nitrogen and oxygen atoms in total. The van der Waals surface area contributed by atoms with Crippen LogP contribution in [0.5, 0.6) is 23.0 Å². The van der Waals surface area contributed by atoms with E-state index in [2.05, 4.69) is 19.1 Å². The predicted molar refractivity (Wildman–Crippen MR) is 134 cm³/mol. The summed E-state index contributed by atoms with van der Waals surface area (Å²) in [6.45, 7) is 2.07. The van der Waals surface area contributed by atoms with Gasteiger partial charge in [0.1, 0.15) is 11.3 Å². The number of thioether (sulfide) groups is 1. The topological polar surface area (TPSA) is 71.8 Å². The summed E-state index contributed by atoms with van der Waals surface area (Å²) < 4.78 is 23.5. The molecule has 0 radical (unpaired) electrons. The first-order valence-corrected chi connectivity index (χ1v) is 11.6. The molecule has 0 unspecified atom stereocenters. The highest BCUT2D eigenvalue weighted by Gasteiger charge is 2.22. The van der Waals surface area contributed by atoms with Gasteiger partial charge in [-0.25, -0.2) is 4.98 Å². The molecule has 0 aliphatic heterocycles. The fourth-order valence-electron chi connectivity index (χ4n) is 3.74. The van der Waals surface area contributed by atoms with E-state index in [-0.39, 0.29) is 5.56 Å². The van der Waals surface area contributed by atoms with Crippen molar-refractivity contribution in [3.8, 4) is 28.7 Å². The average Bonchev–Trinajstić information content (AvgIpc) is 2.87. The second kappa shape index (κ2) is 10.1. The normalized spacial score (nSPS) is 10.9. The number of ether oxygens (including phenoxy) is 4. The van der Waals surface area contributed by atoms with E-state index in [9.17, 15) is 4.79 Å². The number of benzene rings is 3. The molecule has 0 spiro atoms. The van der Waals surface area contributed by atoms with Gasteiger partial charge in [-0.05, 0) is 48.4 Å². The van der Waals surface area contributed by atoms with Gasteiger partial charge in [0.2, 0.25) is 5.75 Å². The molecule has 1 aromatic heterocycles. The Labute approximate surface area is 202 Å². The molecule has 4 rings (SSSR count). The Balaban J connectivity index is 1.97. The minimum Gasteiger partial charge on any atom is -0.497 e. The molecule has 0 saturated carbocycles. The lowest BCUT2D eigenvalue weighted by atomic mass is 10.1. The van der Waals surface area contributed by atoms with Crippen molar-refractivity contribution in [2.45, 2.75) is 17.8 Å². The molecule has 0 bridgehead atoms. The molecule has 3 aromatic carbocycles. The number of nitrogens with zero attached hydrogens (tertiary/aromatic N) is 2. The van der Waals surface area contributed by atoms with Crippen molar-refractivity contribution in [3.05, 3.63) is 76.1 Å². The summed E-state index contributed by atoms with van der Waals surface area (Å²) in [5.41, 5.74) is 3.21. The second-order valence-corrected chi connectivity index (χ2v) is 8.43. The van der Waals surface area contributed by atoms with Crippen LogP contribution in [0.15, 0.2) is 64.5 Å². The zero-order valence-electron chi connectivity index (χ0n) is 19.7. The Hall–Kier alpha value is -3.65. The van der Waals surface area contributed by atoms with Crippen molar-refractivity contribution >= 4 is 22.7 Å². The lowest BCUT2D eigenvalue weighted by Gasteiger charge is -2.18. The monoisotopic (exact) mass is 478 g/mol. The fourth-order valence-corrected chi connectivity index (χ4v) is 4.82. The van der Waals surface area contributed by atoms with Crippen LogP contribution >= 0.6 is 11.8 Å². The van der Waals surface area contributed by atoms with Crippen molar-refractivity contribution in [2.75, 3.05) is 28.4 Å². The Kier molecular flexibility index (Phi) is 6.98. The van der Waals surface area contributed by atoms with Crippen molar-refractivity contribution in [2.24, 2.45) is 0 Å². The minimum absolute atomic E-state index is 0.235. The van der Waals surface area contributed by atoms with Gasteiger partial charge in [0.15, 0.2) is 16.7 Å². The number of hydrogen-bond donors (Lipinski definition) is 0. The molecule has 4 aromatic rings. The summed E-state index contributed by atoms with van der Waals surface area (Å²) in [6.07, 6.45) is 0. The highest BCUT2D eigenvalue weighted by atomic mass is 32.2. The zero-order valence-corrected chi connectivity index (χ0v) is 20.6. The molecule has 0 saturated heterocycles. The molecule has 34 heavy (non-hydrogen) atoms. The van der Waals surface area contributed by atoms with E-state index in [1.807, 2.05) is 36.4 Å². The Morgan fingerprint density at radius 2 is 1.59 bits per heavy atom. The summed E-state index contributed by atoms with van der Waals surface area (Å²) in [4.78, 5) is 18.7. The lowest BCUT2D eigenvalue weighted by Crippen LogP contribution is -2.22. The van der Waals surface area contributed by atoms with E-state index in [0.717, 1.165) is 0 Å². The first-order valence-electron chi connectivity index (χ1n) is 10.6. The third kappa shape index (κ3) is 4.28. The first-order chi connectivity index (χ1) is 16.5. The molecular formula is C26H26N2O5S. The summed E-state index contributed by atoms with van der Waals surface area (Å²) in [7, 11) is 6.17. The third-order valence-electron chi connectivity index (χ3n) is 5.58. The van der Waals surface area contributed by atoms with Crippen LogP contribution in [-0.2, 0) is 5.75 Å². The summed E-state index contributed by atoms with van der Waals surface area (Å²) >= 11 is 1.48. The van der Waals surface area contributed by atoms with Crippen LogP contribution in [-0.4, -0.2) is 38.0 Å². The van der Waals surface area contributed by atoms with Gasteiger partial charge in [-0.2, -0.15) is 0 Å². The average molecular weight is 479 g/mol. The van der Waals surface area contributed by atoms with Gasteiger partial charge in [0.25, 0.3) is 5.56 Å². The van der Waals surface area contributed by atoms with Crippen LogP contribution in [0.4, 0.5) is 0 Å². The standard InChI is InChI=1S/C26H26N2O5S/c1-16-8-6-7-9-17(16)15-34-26-27-22-20(14-21(31-3)23(32-4)24(22)33-5)25(29)28(26)18-10-12-19(30-2)13-11-18/h6-14H,15H2,1-5H3. The Morgan fingerprint density at radius 3 is 2.21 bits per heavy atom. The quantitative estimate of drug-likeness (QED) is 0.260. The Bertz CT molecular complexity index is 1380. The molecule has 1 heterocycles. The summed E-state index contributed by atoms with van der Waals surface area (Å²) in [5, 5.41) is 0.905. The van der Waals surface area contributed by atoms with Gasteiger partial charge in [0.05, 0.1) is 39.5 Å².